The second-order valence-corrected chi connectivity index (χ2v) is 5.40. The van der Waals surface area contributed by atoms with E-state index in [1.807, 2.05) is 30.0 Å². The van der Waals surface area contributed by atoms with Crippen LogP contribution in [0.2, 0.25) is 0 Å². The molecule has 0 saturated carbocycles. The quantitative estimate of drug-likeness (QED) is 0.830. The number of rotatable bonds is 6. The molecule has 108 valence electrons. The van der Waals surface area contributed by atoms with Crippen LogP contribution in [0.1, 0.15) is 39.4 Å². The lowest BCUT2D eigenvalue weighted by Gasteiger charge is -2.32. The summed E-state index contributed by atoms with van der Waals surface area (Å²) in [6, 6.07) is 5.68. The number of ether oxygens (including phenoxy) is 1. The van der Waals surface area contributed by atoms with E-state index in [9.17, 15) is 10.2 Å². The van der Waals surface area contributed by atoms with Crippen LogP contribution < -0.4 is 9.64 Å². The van der Waals surface area contributed by atoms with Gasteiger partial charge < -0.3 is 19.8 Å². The second kappa shape index (κ2) is 6.26. The fraction of sp³-hybridized carbons (Fsp3) is 0.600. The predicted octanol–water partition coefficient (Wildman–Crippen LogP) is 2.35. The average molecular weight is 267 g/mol. The zero-order valence-electron chi connectivity index (χ0n) is 12.5. The minimum Gasteiger partial charge on any atom is -0.496 e. The molecule has 2 N–H and O–H groups in total. The molecule has 1 aromatic carbocycles. The molecule has 0 spiro atoms. The van der Waals surface area contributed by atoms with Crippen molar-refractivity contribution in [2.24, 2.45) is 0 Å². The number of nitrogens with zero attached hydrogens (tertiary/aromatic N) is 1. The molecule has 1 rings (SSSR count). The predicted molar refractivity (Wildman–Crippen MR) is 77.8 cm³/mol. The maximum Gasteiger partial charge on any atom is 0.126 e. The number of likely N-dealkylation sites (N-methyl/N-ethyl adjacent to an activating group) is 1. The molecule has 4 heteroatoms. The van der Waals surface area contributed by atoms with Gasteiger partial charge in [0.05, 0.1) is 18.8 Å². The van der Waals surface area contributed by atoms with Crippen LogP contribution >= 0.6 is 0 Å². The summed E-state index contributed by atoms with van der Waals surface area (Å²) in [7, 11) is 1.59. The summed E-state index contributed by atoms with van der Waals surface area (Å²) in [6.07, 6.45) is -0.623. The van der Waals surface area contributed by atoms with Crippen molar-refractivity contribution >= 4 is 5.69 Å². The van der Waals surface area contributed by atoms with E-state index in [0.29, 0.717) is 12.3 Å². The molecule has 0 saturated heterocycles. The van der Waals surface area contributed by atoms with Gasteiger partial charge in [-0.15, -0.1) is 0 Å². The highest BCUT2D eigenvalue weighted by atomic mass is 16.5. The first-order valence-corrected chi connectivity index (χ1v) is 6.62. The van der Waals surface area contributed by atoms with Gasteiger partial charge in [-0.1, -0.05) is 6.07 Å². The second-order valence-electron chi connectivity index (χ2n) is 5.40. The monoisotopic (exact) mass is 267 g/mol. The normalized spacial score (nSPS) is 13.2. The molecule has 1 atom stereocenters. The van der Waals surface area contributed by atoms with E-state index in [4.69, 9.17) is 4.74 Å². The third kappa shape index (κ3) is 4.11. The van der Waals surface area contributed by atoms with E-state index >= 15 is 0 Å². The number of aliphatic hydroxyl groups excluding tert-OH is 1. The van der Waals surface area contributed by atoms with Crippen molar-refractivity contribution in [3.8, 4) is 5.75 Å². The fourth-order valence-electron chi connectivity index (χ4n) is 2.24. The Morgan fingerprint density at radius 3 is 2.42 bits per heavy atom. The van der Waals surface area contributed by atoms with Gasteiger partial charge in [0.1, 0.15) is 5.75 Å². The molecule has 0 aliphatic carbocycles. The summed E-state index contributed by atoms with van der Waals surface area (Å²) in [6.45, 7) is 8.54. The Kier molecular flexibility index (Phi) is 5.20. The topological polar surface area (TPSA) is 52.9 Å². The SMILES string of the molecule is CCN(CC(C)(C)O)c1cccc(OC)c1C(C)O. The summed E-state index contributed by atoms with van der Waals surface area (Å²) in [5.74, 6) is 0.668. The standard InChI is InChI=1S/C15H25NO3/c1-6-16(10-15(3,4)18)12-8-7-9-13(19-5)14(12)11(2)17/h7-9,11,17-18H,6,10H2,1-5H3. The highest BCUT2D eigenvalue weighted by molar-refractivity contribution is 5.60. The van der Waals surface area contributed by atoms with E-state index in [1.165, 1.54) is 0 Å². The van der Waals surface area contributed by atoms with Crippen molar-refractivity contribution < 1.29 is 14.9 Å². The number of hydrogen-bond donors (Lipinski definition) is 2. The first-order chi connectivity index (χ1) is 8.80. The maximum atomic E-state index is 10.0. The summed E-state index contributed by atoms with van der Waals surface area (Å²) in [5, 5.41) is 20.0. The van der Waals surface area contributed by atoms with Gasteiger partial charge in [0.2, 0.25) is 0 Å². The third-order valence-corrected chi connectivity index (χ3v) is 2.98. The number of aliphatic hydroxyl groups is 2. The van der Waals surface area contributed by atoms with Gasteiger partial charge in [0, 0.05) is 24.3 Å². The summed E-state index contributed by atoms with van der Waals surface area (Å²) in [4.78, 5) is 2.05. The number of hydrogen-bond acceptors (Lipinski definition) is 4. The van der Waals surface area contributed by atoms with Gasteiger partial charge in [-0.25, -0.2) is 0 Å². The minimum absolute atomic E-state index is 0.496. The van der Waals surface area contributed by atoms with E-state index in [1.54, 1.807) is 27.9 Å². The van der Waals surface area contributed by atoms with Gasteiger partial charge in [0.15, 0.2) is 0 Å². The van der Waals surface area contributed by atoms with E-state index in [0.717, 1.165) is 17.8 Å². The smallest absolute Gasteiger partial charge is 0.126 e. The molecule has 19 heavy (non-hydrogen) atoms. The molecule has 1 unspecified atom stereocenters. The van der Waals surface area contributed by atoms with Crippen molar-refractivity contribution in [1.29, 1.82) is 0 Å². The molecule has 0 radical (unpaired) electrons. The highest BCUT2D eigenvalue weighted by Gasteiger charge is 2.22. The molecule has 0 aromatic heterocycles. The molecule has 0 bridgehead atoms. The van der Waals surface area contributed by atoms with Gasteiger partial charge in [-0.05, 0) is 39.8 Å². The first kappa shape index (κ1) is 15.8. The van der Waals surface area contributed by atoms with Gasteiger partial charge >= 0.3 is 0 Å². The lowest BCUT2D eigenvalue weighted by atomic mass is 10.0. The van der Waals surface area contributed by atoms with Crippen LogP contribution in [0.3, 0.4) is 0 Å². The lowest BCUT2D eigenvalue weighted by molar-refractivity contribution is 0.0873. The van der Waals surface area contributed by atoms with Crippen molar-refractivity contribution in [3.05, 3.63) is 23.8 Å². The van der Waals surface area contributed by atoms with E-state index in [2.05, 4.69) is 0 Å². The van der Waals surface area contributed by atoms with Gasteiger partial charge in [-0.2, -0.15) is 0 Å². The zero-order valence-corrected chi connectivity index (χ0v) is 12.5. The Hall–Kier alpha value is -1.26. The van der Waals surface area contributed by atoms with Crippen LogP contribution in [0.4, 0.5) is 5.69 Å². The molecule has 0 heterocycles. The number of anilines is 1. The Balaban J connectivity index is 3.23. The third-order valence-electron chi connectivity index (χ3n) is 2.98. The lowest BCUT2D eigenvalue weighted by Crippen LogP contribution is -2.39. The van der Waals surface area contributed by atoms with E-state index < -0.39 is 11.7 Å². The number of methoxy groups -OCH3 is 1. The summed E-state index contributed by atoms with van der Waals surface area (Å²) < 4.78 is 5.32. The summed E-state index contributed by atoms with van der Waals surface area (Å²) >= 11 is 0. The molecule has 0 fully saturated rings. The van der Waals surface area contributed by atoms with Crippen molar-refractivity contribution in [2.75, 3.05) is 25.1 Å². The minimum atomic E-state index is -0.797. The van der Waals surface area contributed by atoms with E-state index in [-0.39, 0.29) is 0 Å². The van der Waals surface area contributed by atoms with Crippen LogP contribution in [0.5, 0.6) is 5.75 Å². The number of benzene rings is 1. The molecular weight excluding hydrogens is 242 g/mol. The van der Waals surface area contributed by atoms with Crippen molar-refractivity contribution in [2.45, 2.75) is 39.4 Å². The Bertz CT molecular complexity index is 410. The maximum absolute atomic E-state index is 10.0. The fourth-order valence-corrected chi connectivity index (χ4v) is 2.24. The van der Waals surface area contributed by atoms with Crippen LogP contribution in [-0.2, 0) is 0 Å². The molecule has 0 aliphatic rings. The van der Waals surface area contributed by atoms with Crippen LogP contribution in [-0.4, -0.2) is 36.0 Å². The average Bonchev–Trinajstić information content (AvgIpc) is 2.33. The Morgan fingerprint density at radius 1 is 1.37 bits per heavy atom. The summed E-state index contributed by atoms with van der Waals surface area (Å²) in [5.41, 5.74) is 0.866. The molecule has 4 nitrogen and oxygen atoms in total. The molecule has 1 aromatic rings. The van der Waals surface area contributed by atoms with Crippen LogP contribution in [0.15, 0.2) is 18.2 Å². The Labute approximate surface area is 115 Å². The van der Waals surface area contributed by atoms with Crippen molar-refractivity contribution in [1.82, 2.24) is 0 Å². The van der Waals surface area contributed by atoms with Gasteiger partial charge in [-0.3, -0.25) is 0 Å². The van der Waals surface area contributed by atoms with Crippen molar-refractivity contribution in [3.63, 3.8) is 0 Å². The molecule has 0 aliphatic heterocycles. The largest absolute Gasteiger partial charge is 0.496 e. The van der Waals surface area contributed by atoms with Crippen LogP contribution in [0, 0.1) is 0 Å². The van der Waals surface area contributed by atoms with Crippen LogP contribution in [0.25, 0.3) is 0 Å². The molecule has 0 amide bonds. The molecular formula is C15H25NO3. The van der Waals surface area contributed by atoms with Gasteiger partial charge in [0.25, 0.3) is 0 Å². The Morgan fingerprint density at radius 2 is 2.00 bits per heavy atom. The zero-order chi connectivity index (χ0) is 14.6. The highest BCUT2D eigenvalue weighted by Crippen LogP contribution is 2.35. The first-order valence-electron chi connectivity index (χ1n) is 6.62.